The van der Waals surface area contributed by atoms with Crippen molar-refractivity contribution in [1.82, 2.24) is 0 Å². The molecule has 0 aliphatic carbocycles. The number of rotatable bonds is 10. The van der Waals surface area contributed by atoms with E-state index >= 15 is 0 Å². The third-order valence-electron chi connectivity index (χ3n) is 4.58. The molecule has 0 amide bonds. The summed E-state index contributed by atoms with van der Waals surface area (Å²) >= 11 is 0. The molecule has 2 nitrogen and oxygen atoms in total. The number of ketones is 2. The molecule has 0 fully saturated rings. The molecule has 0 spiro atoms. The maximum atomic E-state index is 11.1. The fourth-order valence-electron chi connectivity index (χ4n) is 2.40. The summed E-state index contributed by atoms with van der Waals surface area (Å²) in [5.74, 6) is 0.612. The number of hydrogen-bond donors (Lipinski definition) is 0. The molecule has 144 valence electrons. The summed E-state index contributed by atoms with van der Waals surface area (Å²) in [6.45, 7) is 21.0. The predicted octanol–water partition coefficient (Wildman–Crippen LogP) is 6.51. The molecule has 1 unspecified atom stereocenters. The summed E-state index contributed by atoms with van der Waals surface area (Å²) < 4.78 is 0. The van der Waals surface area contributed by atoms with Gasteiger partial charge in [-0.1, -0.05) is 68.2 Å². The first-order valence-corrected chi connectivity index (χ1v) is 10.8. The average Bonchev–Trinajstić information content (AvgIpc) is 2.36. The van der Waals surface area contributed by atoms with E-state index in [0.29, 0.717) is 23.4 Å². The molecule has 0 saturated heterocycles. The zero-order valence-electron chi connectivity index (χ0n) is 18.1. The van der Waals surface area contributed by atoms with E-state index in [0.717, 1.165) is 21.4 Å². The van der Waals surface area contributed by atoms with E-state index in [1.807, 2.05) is 0 Å². The van der Waals surface area contributed by atoms with Gasteiger partial charge < -0.3 is 9.59 Å². The molecule has 0 N–H and O–H groups in total. The topological polar surface area (TPSA) is 34.1 Å². The van der Waals surface area contributed by atoms with Crippen LogP contribution in [0, 0.1) is 16.2 Å². The first kappa shape index (κ1) is 26.0. The Hall–Kier alpha value is -0.230. The van der Waals surface area contributed by atoms with Crippen LogP contribution >= 0.6 is 8.58 Å². The highest BCUT2D eigenvalue weighted by molar-refractivity contribution is 7.38. The fourth-order valence-corrected chi connectivity index (χ4v) is 4.25. The molecule has 0 aromatic rings. The maximum Gasteiger partial charge on any atom is 0.130 e. The highest BCUT2D eigenvalue weighted by Crippen LogP contribution is 2.35. The second kappa shape index (κ2) is 11.4. The Balaban J connectivity index is 0. The Bertz CT molecular complexity index is 381. The number of hydrogen-bond acceptors (Lipinski definition) is 2. The van der Waals surface area contributed by atoms with Gasteiger partial charge in [0.1, 0.15) is 11.6 Å². The zero-order chi connectivity index (χ0) is 19.6. The molecule has 0 aliphatic heterocycles. The van der Waals surface area contributed by atoms with Crippen LogP contribution in [-0.4, -0.2) is 23.9 Å². The molecule has 0 saturated carbocycles. The van der Waals surface area contributed by atoms with E-state index in [-0.39, 0.29) is 10.8 Å². The van der Waals surface area contributed by atoms with Gasteiger partial charge in [-0.3, -0.25) is 0 Å². The van der Waals surface area contributed by atoms with Crippen LogP contribution in [0.1, 0.15) is 94.9 Å². The van der Waals surface area contributed by atoms with Crippen LogP contribution in [0.2, 0.25) is 0 Å². The molecule has 0 bridgehead atoms. The molecule has 24 heavy (non-hydrogen) atoms. The smallest absolute Gasteiger partial charge is 0.130 e. The van der Waals surface area contributed by atoms with Gasteiger partial charge in [0.15, 0.2) is 0 Å². The van der Waals surface area contributed by atoms with Crippen LogP contribution in [-0.2, 0) is 9.59 Å². The number of carbonyl (C=O) groups excluding carboxylic acids is 2. The minimum atomic E-state index is 0.202. The molecule has 0 aromatic heterocycles. The molecule has 3 heteroatoms. The summed E-state index contributed by atoms with van der Waals surface area (Å²) in [7, 11) is 0.989. The third-order valence-corrected chi connectivity index (χ3v) is 6.99. The van der Waals surface area contributed by atoms with Gasteiger partial charge >= 0.3 is 0 Å². The summed E-state index contributed by atoms with van der Waals surface area (Å²) in [4.78, 5) is 21.7. The van der Waals surface area contributed by atoms with Gasteiger partial charge in [0.05, 0.1) is 0 Å². The van der Waals surface area contributed by atoms with Crippen LogP contribution in [0.4, 0.5) is 0 Å². The highest BCUT2D eigenvalue weighted by atomic mass is 31.1. The zero-order valence-corrected chi connectivity index (χ0v) is 19.1. The number of Topliss-reactive ketones (excluding diaryl/α,β-unsaturated/α-hetero) is 2. The Morgan fingerprint density at radius 2 is 1.00 bits per heavy atom. The minimum absolute atomic E-state index is 0.202. The van der Waals surface area contributed by atoms with Gasteiger partial charge in [0, 0.05) is 12.8 Å². The van der Waals surface area contributed by atoms with E-state index < -0.39 is 0 Å². The van der Waals surface area contributed by atoms with Gasteiger partial charge in [0.25, 0.3) is 0 Å². The van der Waals surface area contributed by atoms with E-state index in [1.165, 1.54) is 18.7 Å². The third kappa shape index (κ3) is 16.6. The van der Waals surface area contributed by atoms with Crippen molar-refractivity contribution in [3.63, 3.8) is 0 Å². The quantitative estimate of drug-likeness (QED) is 0.417. The fraction of sp³-hybridized carbons (Fsp3) is 0.905. The Morgan fingerprint density at radius 1 is 0.667 bits per heavy atom. The highest BCUT2D eigenvalue weighted by Gasteiger charge is 2.22. The van der Waals surface area contributed by atoms with Gasteiger partial charge in [-0.15, -0.1) is 8.58 Å². The molecular formula is C21H43O2P. The largest absolute Gasteiger partial charge is 0.300 e. The molecular weight excluding hydrogens is 315 g/mol. The van der Waals surface area contributed by atoms with Crippen molar-refractivity contribution < 1.29 is 9.59 Å². The van der Waals surface area contributed by atoms with Crippen molar-refractivity contribution in [2.45, 2.75) is 94.9 Å². The summed E-state index contributed by atoms with van der Waals surface area (Å²) in [5.41, 5.74) is 0.894. The summed E-state index contributed by atoms with van der Waals surface area (Å²) in [6, 6.07) is 0. The Labute approximate surface area is 153 Å². The van der Waals surface area contributed by atoms with Gasteiger partial charge in [-0.05, 0) is 42.4 Å². The summed E-state index contributed by atoms with van der Waals surface area (Å²) in [6.07, 6.45) is 6.25. The average molecular weight is 359 g/mol. The van der Waals surface area contributed by atoms with E-state index in [1.54, 1.807) is 13.8 Å². The van der Waals surface area contributed by atoms with Crippen molar-refractivity contribution in [3.8, 4) is 0 Å². The van der Waals surface area contributed by atoms with Crippen molar-refractivity contribution in [2.75, 3.05) is 12.3 Å². The second-order valence-corrected chi connectivity index (χ2v) is 10.8. The molecule has 0 radical (unpaired) electrons. The van der Waals surface area contributed by atoms with Crippen LogP contribution in [0.25, 0.3) is 0 Å². The van der Waals surface area contributed by atoms with Crippen LogP contribution < -0.4 is 0 Å². The SMILES string of the molecule is CCC(C)(C)CC(C)=O.CCC(C)(C)CPCC(C)(C)CC(C)=O. The monoisotopic (exact) mass is 358 g/mol. The first-order chi connectivity index (χ1) is 10.7. The Morgan fingerprint density at radius 3 is 1.29 bits per heavy atom. The molecule has 1 atom stereocenters. The molecule has 0 heterocycles. The lowest BCUT2D eigenvalue weighted by atomic mass is 9.85. The van der Waals surface area contributed by atoms with Gasteiger partial charge in [-0.2, -0.15) is 0 Å². The van der Waals surface area contributed by atoms with E-state index in [9.17, 15) is 9.59 Å². The summed E-state index contributed by atoms with van der Waals surface area (Å²) in [5, 5.41) is 0. The number of carbonyl (C=O) groups is 2. The standard InChI is InChI=1S/C13H27OP.C8H16O/c1-7-12(3,4)9-15-10-13(5,6)8-11(2)14;1-5-8(3,4)6-7(2)9/h15H,7-10H2,1-6H3;5-6H2,1-4H3. The van der Waals surface area contributed by atoms with Crippen LogP contribution in [0.3, 0.4) is 0 Å². The van der Waals surface area contributed by atoms with Crippen molar-refractivity contribution in [1.29, 1.82) is 0 Å². The van der Waals surface area contributed by atoms with Gasteiger partial charge in [0.2, 0.25) is 0 Å². The lowest BCUT2D eigenvalue weighted by Gasteiger charge is -2.27. The lowest BCUT2D eigenvalue weighted by molar-refractivity contribution is -0.119. The molecule has 0 aromatic carbocycles. The van der Waals surface area contributed by atoms with E-state index in [4.69, 9.17) is 0 Å². The predicted molar refractivity (Wildman–Crippen MR) is 111 cm³/mol. The maximum absolute atomic E-state index is 11.1. The van der Waals surface area contributed by atoms with Gasteiger partial charge in [-0.25, -0.2) is 0 Å². The first-order valence-electron chi connectivity index (χ1n) is 9.36. The molecule has 0 aliphatic rings. The second-order valence-electron chi connectivity index (χ2n) is 9.56. The van der Waals surface area contributed by atoms with Crippen LogP contribution in [0.15, 0.2) is 0 Å². The van der Waals surface area contributed by atoms with Crippen LogP contribution in [0.5, 0.6) is 0 Å². The minimum Gasteiger partial charge on any atom is -0.300 e. The van der Waals surface area contributed by atoms with Crippen molar-refractivity contribution in [3.05, 3.63) is 0 Å². The molecule has 0 rings (SSSR count). The van der Waals surface area contributed by atoms with E-state index in [2.05, 4.69) is 55.4 Å². The normalized spacial score (nSPS) is 12.9. The lowest BCUT2D eigenvalue weighted by Crippen LogP contribution is -2.20. The van der Waals surface area contributed by atoms with Crippen molar-refractivity contribution in [2.24, 2.45) is 16.2 Å². The Kier molecular flexibility index (Phi) is 12.3. The van der Waals surface area contributed by atoms with Crippen molar-refractivity contribution >= 4 is 20.1 Å².